The third kappa shape index (κ3) is 4.36. The van der Waals surface area contributed by atoms with Crippen molar-refractivity contribution in [2.75, 3.05) is 17.7 Å². The summed E-state index contributed by atoms with van der Waals surface area (Å²) in [5.41, 5.74) is 1.12. The van der Waals surface area contributed by atoms with E-state index in [4.69, 9.17) is 16.7 Å². The van der Waals surface area contributed by atoms with Gasteiger partial charge in [0.2, 0.25) is 5.13 Å². The number of anilines is 1. The van der Waals surface area contributed by atoms with Crippen LogP contribution in [-0.4, -0.2) is 34.1 Å². The minimum Gasteiger partial charge on any atom is -0.481 e. The average Bonchev–Trinajstić information content (AvgIpc) is 2.88. The molecule has 1 aromatic carbocycles. The predicted octanol–water partition coefficient (Wildman–Crippen LogP) is 3.00. The van der Waals surface area contributed by atoms with Crippen LogP contribution in [0.3, 0.4) is 0 Å². The normalized spacial score (nSPS) is 10.5. The maximum Gasteiger partial charge on any atom is 0.313 e. The minimum atomic E-state index is -0.860. The van der Waals surface area contributed by atoms with E-state index in [0.29, 0.717) is 15.9 Å². The van der Waals surface area contributed by atoms with E-state index in [1.165, 1.54) is 23.1 Å². The Morgan fingerprint density at radius 2 is 2.10 bits per heavy atom. The molecule has 0 saturated heterocycles. The SMILES string of the molecule is CN(Cc1ccc(Cl)cc1)c1nnc(SCC(=O)O)s1. The van der Waals surface area contributed by atoms with Gasteiger partial charge in [0, 0.05) is 18.6 Å². The molecule has 1 N–H and O–H groups in total. The van der Waals surface area contributed by atoms with Gasteiger partial charge in [0.25, 0.3) is 0 Å². The molecule has 0 saturated carbocycles. The molecular weight excluding hydrogens is 318 g/mol. The molecule has 0 radical (unpaired) electrons. The Morgan fingerprint density at radius 1 is 1.40 bits per heavy atom. The van der Waals surface area contributed by atoms with Gasteiger partial charge in [-0.1, -0.05) is 46.8 Å². The number of carboxylic acids is 1. The van der Waals surface area contributed by atoms with Gasteiger partial charge in [-0.15, -0.1) is 10.2 Å². The molecule has 5 nitrogen and oxygen atoms in total. The number of rotatable bonds is 6. The smallest absolute Gasteiger partial charge is 0.313 e. The first-order valence-corrected chi connectivity index (χ1v) is 7.86. The Balaban J connectivity index is 1.96. The van der Waals surface area contributed by atoms with Gasteiger partial charge in [0.15, 0.2) is 4.34 Å². The standard InChI is InChI=1S/C12H12ClN3O2S2/c1-16(6-8-2-4-9(13)5-3-8)11-14-15-12(20-11)19-7-10(17)18/h2-5H,6-7H2,1H3,(H,17,18). The number of halogens is 1. The van der Waals surface area contributed by atoms with Crippen molar-refractivity contribution in [1.29, 1.82) is 0 Å². The number of nitrogens with zero attached hydrogens (tertiary/aromatic N) is 3. The number of aromatic nitrogens is 2. The first kappa shape index (κ1) is 15.1. The van der Waals surface area contributed by atoms with Crippen molar-refractivity contribution in [2.45, 2.75) is 10.9 Å². The number of aliphatic carboxylic acids is 1. The molecule has 2 aromatic rings. The lowest BCUT2D eigenvalue weighted by molar-refractivity contribution is -0.133. The number of benzene rings is 1. The maximum atomic E-state index is 10.5. The van der Waals surface area contributed by atoms with Crippen LogP contribution in [0.5, 0.6) is 0 Å². The highest BCUT2D eigenvalue weighted by Crippen LogP contribution is 2.28. The molecule has 8 heteroatoms. The Kier molecular flexibility index (Phi) is 5.22. The van der Waals surface area contributed by atoms with E-state index in [1.807, 2.05) is 36.2 Å². The van der Waals surface area contributed by atoms with E-state index in [0.717, 1.165) is 10.7 Å². The zero-order valence-electron chi connectivity index (χ0n) is 10.6. The molecule has 1 aromatic heterocycles. The fourth-order valence-electron chi connectivity index (χ4n) is 1.47. The van der Waals surface area contributed by atoms with Crippen LogP contribution in [0.25, 0.3) is 0 Å². The van der Waals surface area contributed by atoms with Crippen LogP contribution in [0.2, 0.25) is 5.02 Å². The summed E-state index contributed by atoms with van der Waals surface area (Å²) < 4.78 is 0.658. The van der Waals surface area contributed by atoms with E-state index in [1.54, 1.807) is 0 Å². The number of carboxylic acid groups (broad SMARTS) is 1. The van der Waals surface area contributed by atoms with Gasteiger partial charge >= 0.3 is 5.97 Å². The van der Waals surface area contributed by atoms with Gasteiger partial charge in [-0.3, -0.25) is 4.79 Å². The highest BCUT2D eigenvalue weighted by Gasteiger charge is 2.11. The first-order valence-electron chi connectivity index (χ1n) is 5.68. The van der Waals surface area contributed by atoms with E-state index in [9.17, 15) is 4.79 Å². The van der Waals surface area contributed by atoms with E-state index >= 15 is 0 Å². The molecule has 106 valence electrons. The van der Waals surface area contributed by atoms with Crippen LogP contribution in [0.15, 0.2) is 28.6 Å². The predicted molar refractivity (Wildman–Crippen MR) is 81.8 cm³/mol. The molecule has 0 fully saturated rings. The second-order valence-corrected chi connectivity index (χ2v) is 6.63. The summed E-state index contributed by atoms with van der Waals surface area (Å²) in [5, 5.41) is 18.1. The molecule has 0 aliphatic carbocycles. The van der Waals surface area contributed by atoms with Crippen LogP contribution < -0.4 is 4.90 Å². The molecule has 0 aliphatic rings. The highest BCUT2D eigenvalue weighted by atomic mass is 35.5. The summed E-state index contributed by atoms with van der Waals surface area (Å²) >= 11 is 8.40. The summed E-state index contributed by atoms with van der Waals surface area (Å²) in [4.78, 5) is 12.5. The van der Waals surface area contributed by atoms with Gasteiger partial charge in [0.1, 0.15) is 0 Å². The zero-order chi connectivity index (χ0) is 14.5. The Labute approximate surface area is 129 Å². The lowest BCUT2D eigenvalue weighted by Gasteiger charge is -2.14. The number of thioether (sulfide) groups is 1. The maximum absolute atomic E-state index is 10.5. The molecule has 1 heterocycles. The number of hydrogen-bond donors (Lipinski definition) is 1. The molecule has 0 unspecified atom stereocenters. The van der Waals surface area contributed by atoms with Crippen LogP contribution in [0.4, 0.5) is 5.13 Å². The van der Waals surface area contributed by atoms with E-state index in [-0.39, 0.29) is 5.75 Å². The second-order valence-electron chi connectivity index (χ2n) is 4.02. The fourth-order valence-corrected chi connectivity index (χ4v) is 3.12. The van der Waals surface area contributed by atoms with Crippen LogP contribution in [0.1, 0.15) is 5.56 Å². The molecule has 0 atom stereocenters. The van der Waals surface area contributed by atoms with Crippen molar-refractivity contribution >= 4 is 45.8 Å². The first-order chi connectivity index (χ1) is 9.54. The molecule has 20 heavy (non-hydrogen) atoms. The van der Waals surface area contributed by atoms with Crippen molar-refractivity contribution in [2.24, 2.45) is 0 Å². The Bertz CT molecular complexity index is 589. The van der Waals surface area contributed by atoms with E-state index in [2.05, 4.69) is 10.2 Å². The third-order valence-electron chi connectivity index (χ3n) is 2.37. The highest BCUT2D eigenvalue weighted by molar-refractivity contribution is 8.01. The van der Waals surface area contributed by atoms with Crippen LogP contribution in [0, 0.1) is 0 Å². The zero-order valence-corrected chi connectivity index (χ0v) is 13.0. The van der Waals surface area contributed by atoms with Crippen LogP contribution in [-0.2, 0) is 11.3 Å². The molecule has 0 amide bonds. The van der Waals surface area contributed by atoms with Crippen molar-refractivity contribution < 1.29 is 9.90 Å². The average molecular weight is 330 g/mol. The summed E-state index contributed by atoms with van der Waals surface area (Å²) in [6.07, 6.45) is 0. The lowest BCUT2D eigenvalue weighted by atomic mass is 10.2. The van der Waals surface area contributed by atoms with Crippen molar-refractivity contribution in [1.82, 2.24) is 10.2 Å². The fraction of sp³-hybridized carbons (Fsp3) is 0.250. The Morgan fingerprint density at radius 3 is 2.75 bits per heavy atom. The number of carbonyl (C=O) groups is 1. The van der Waals surface area contributed by atoms with Crippen molar-refractivity contribution in [3.05, 3.63) is 34.9 Å². The largest absolute Gasteiger partial charge is 0.481 e. The molecular formula is C12H12ClN3O2S2. The van der Waals surface area contributed by atoms with Crippen molar-refractivity contribution in [3.63, 3.8) is 0 Å². The summed E-state index contributed by atoms with van der Waals surface area (Å²) in [6.45, 7) is 0.690. The second kappa shape index (κ2) is 6.92. The van der Waals surface area contributed by atoms with Crippen molar-refractivity contribution in [3.8, 4) is 0 Å². The van der Waals surface area contributed by atoms with Gasteiger partial charge in [-0.25, -0.2) is 0 Å². The van der Waals surface area contributed by atoms with E-state index < -0.39 is 5.97 Å². The molecule has 0 spiro atoms. The quantitative estimate of drug-likeness (QED) is 0.822. The lowest BCUT2D eigenvalue weighted by Crippen LogP contribution is -2.15. The van der Waals surface area contributed by atoms with Gasteiger partial charge in [0.05, 0.1) is 5.75 Å². The third-order valence-corrected chi connectivity index (χ3v) is 4.78. The monoisotopic (exact) mass is 329 g/mol. The minimum absolute atomic E-state index is 0.00443. The topological polar surface area (TPSA) is 66.3 Å². The summed E-state index contributed by atoms with van der Waals surface area (Å²) in [6, 6.07) is 7.61. The number of hydrogen-bond acceptors (Lipinski definition) is 6. The Hall–Kier alpha value is -1.31. The molecule has 2 rings (SSSR count). The van der Waals surface area contributed by atoms with Gasteiger partial charge in [-0.05, 0) is 17.7 Å². The summed E-state index contributed by atoms with van der Waals surface area (Å²) in [7, 11) is 1.92. The van der Waals surface area contributed by atoms with Crippen LogP contribution >= 0.6 is 34.7 Å². The summed E-state index contributed by atoms with van der Waals surface area (Å²) in [5.74, 6) is -0.864. The van der Waals surface area contributed by atoms with Gasteiger partial charge < -0.3 is 10.0 Å². The van der Waals surface area contributed by atoms with Gasteiger partial charge in [-0.2, -0.15) is 0 Å². The molecule has 0 bridgehead atoms. The molecule has 0 aliphatic heterocycles.